The van der Waals surface area contributed by atoms with E-state index in [2.05, 4.69) is 20.4 Å². The maximum Gasteiger partial charge on any atom is 0.231 e. The molecule has 1 aliphatic heterocycles. The molecule has 7 heteroatoms. The van der Waals surface area contributed by atoms with Crippen molar-refractivity contribution in [1.29, 1.82) is 0 Å². The quantitative estimate of drug-likeness (QED) is 0.786. The highest BCUT2D eigenvalue weighted by molar-refractivity contribution is 5.93. The van der Waals surface area contributed by atoms with Gasteiger partial charge < -0.3 is 10.2 Å². The molecule has 1 amide bonds. The van der Waals surface area contributed by atoms with Gasteiger partial charge in [-0.15, -0.1) is 10.2 Å². The van der Waals surface area contributed by atoms with Gasteiger partial charge in [-0.25, -0.2) is 4.39 Å². The van der Waals surface area contributed by atoms with Crippen molar-refractivity contribution in [2.24, 2.45) is 5.92 Å². The summed E-state index contributed by atoms with van der Waals surface area (Å²) in [5.41, 5.74) is 2.33. The van der Waals surface area contributed by atoms with Crippen molar-refractivity contribution in [3.05, 3.63) is 54.0 Å². The molecule has 1 aliphatic rings. The normalized spacial score (nSPS) is 17.5. The molecule has 0 spiro atoms. The summed E-state index contributed by atoms with van der Waals surface area (Å²) >= 11 is 0. The average molecular weight is 353 g/mol. The Labute approximate surface area is 150 Å². The zero-order valence-electron chi connectivity index (χ0n) is 14.5. The highest BCUT2D eigenvalue weighted by Gasteiger charge is 2.28. The van der Waals surface area contributed by atoms with Gasteiger partial charge in [-0.2, -0.15) is 0 Å². The molecule has 1 saturated heterocycles. The van der Waals surface area contributed by atoms with E-state index < -0.39 is 0 Å². The van der Waals surface area contributed by atoms with Crippen LogP contribution in [0.5, 0.6) is 0 Å². The highest BCUT2D eigenvalue weighted by Crippen LogP contribution is 2.24. The molecule has 6 nitrogen and oxygen atoms in total. The molecule has 134 valence electrons. The number of nitrogens with zero attached hydrogens (tertiary/aromatic N) is 4. The number of nitrogens with one attached hydrogen (secondary N) is 1. The molecule has 1 aromatic carbocycles. The van der Waals surface area contributed by atoms with Crippen molar-refractivity contribution in [3.63, 3.8) is 0 Å². The van der Waals surface area contributed by atoms with Crippen molar-refractivity contribution in [3.8, 4) is 0 Å². The van der Waals surface area contributed by atoms with Crippen molar-refractivity contribution >= 4 is 23.2 Å². The Hall–Kier alpha value is -2.96. The Morgan fingerprint density at radius 1 is 1.23 bits per heavy atom. The summed E-state index contributed by atoms with van der Waals surface area (Å²) in [6, 6.07) is 11.8. The molecule has 0 radical (unpaired) electrons. The largest absolute Gasteiger partial charge is 0.340 e. The van der Waals surface area contributed by atoms with E-state index in [0.717, 1.165) is 36.7 Å². The Balaban J connectivity index is 1.53. The molecule has 0 aliphatic carbocycles. The van der Waals surface area contributed by atoms with Crippen LogP contribution in [0.2, 0.25) is 0 Å². The smallest absolute Gasteiger partial charge is 0.231 e. The summed E-state index contributed by atoms with van der Waals surface area (Å²) in [7, 11) is 0. The SMILES string of the molecule is Cc1cccc2nnc(N3CCCC(C(=O)Nc4cccc(F)c4)C3)n12. The van der Waals surface area contributed by atoms with E-state index in [0.29, 0.717) is 12.2 Å². The fourth-order valence-corrected chi connectivity index (χ4v) is 3.47. The van der Waals surface area contributed by atoms with Gasteiger partial charge >= 0.3 is 0 Å². The van der Waals surface area contributed by atoms with Gasteiger partial charge in [0.2, 0.25) is 11.9 Å². The molecule has 4 rings (SSSR count). The van der Waals surface area contributed by atoms with Gasteiger partial charge in [0.25, 0.3) is 0 Å². The van der Waals surface area contributed by atoms with Crippen LogP contribution < -0.4 is 10.2 Å². The second kappa shape index (κ2) is 6.74. The maximum atomic E-state index is 13.3. The Kier molecular flexibility index (Phi) is 4.28. The standard InChI is InChI=1S/C19H20FN5O/c1-13-5-2-9-17-22-23-19(25(13)17)24-10-4-6-14(12-24)18(26)21-16-8-3-7-15(20)11-16/h2-3,5,7-9,11,14H,4,6,10,12H2,1H3,(H,21,26). The van der Waals surface area contributed by atoms with E-state index in [1.54, 1.807) is 12.1 Å². The first-order chi connectivity index (χ1) is 12.6. The zero-order chi connectivity index (χ0) is 18.1. The maximum absolute atomic E-state index is 13.3. The summed E-state index contributed by atoms with van der Waals surface area (Å²) < 4.78 is 15.3. The van der Waals surface area contributed by atoms with Crippen LogP contribution in [-0.4, -0.2) is 33.6 Å². The van der Waals surface area contributed by atoms with Gasteiger partial charge in [0, 0.05) is 24.5 Å². The third-order valence-corrected chi connectivity index (χ3v) is 4.77. The Morgan fingerprint density at radius 3 is 2.92 bits per heavy atom. The van der Waals surface area contributed by atoms with Gasteiger partial charge in [-0.3, -0.25) is 9.20 Å². The topological polar surface area (TPSA) is 62.5 Å². The first kappa shape index (κ1) is 16.5. The molecule has 0 saturated carbocycles. The number of pyridine rings is 1. The van der Waals surface area contributed by atoms with E-state index in [1.807, 2.05) is 29.5 Å². The number of carbonyl (C=O) groups is 1. The molecular weight excluding hydrogens is 333 g/mol. The molecule has 2 aromatic heterocycles. The number of halogens is 1. The molecule has 1 unspecified atom stereocenters. The Bertz CT molecular complexity index is 954. The summed E-state index contributed by atoms with van der Waals surface area (Å²) in [6.45, 7) is 3.41. The lowest BCUT2D eigenvalue weighted by molar-refractivity contribution is -0.120. The molecule has 1 atom stereocenters. The lowest BCUT2D eigenvalue weighted by Gasteiger charge is -2.32. The van der Waals surface area contributed by atoms with Crippen molar-refractivity contribution in [1.82, 2.24) is 14.6 Å². The van der Waals surface area contributed by atoms with Crippen LogP contribution in [0.3, 0.4) is 0 Å². The summed E-state index contributed by atoms with van der Waals surface area (Å²) in [5.74, 6) is 0.133. The minimum Gasteiger partial charge on any atom is -0.340 e. The van der Waals surface area contributed by atoms with Crippen LogP contribution >= 0.6 is 0 Å². The number of fused-ring (bicyclic) bond motifs is 1. The third kappa shape index (κ3) is 3.12. The molecule has 1 N–H and O–H groups in total. The fourth-order valence-electron chi connectivity index (χ4n) is 3.47. The van der Waals surface area contributed by atoms with Crippen LogP contribution in [0.15, 0.2) is 42.5 Å². The lowest BCUT2D eigenvalue weighted by atomic mass is 9.97. The van der Waals surface area contributed by atoms with Crippen LogP contribution in [0.25, 0.3) is 5.65 Å². The van der Waals surface area contributed by atoms with Gasteiger partial charge in [-0.05, 0) is 50.1 Å². The second-order valence-corrected chi connectivity index (χ2v) is 6.65. The van der Waals surface area contributed by atoms with E-state index in [9.17, 15) is 9.18 Å². The Morgan fingerprint density at radius 2 is 2.08 bits per heavy atom. The molecular formula is C19H20FN5O. The number of hydrogen-bond acceptors (Lipinski definition) is 4. The number of anilines is 2. The summed E-state index contributed by atoms with van der Waals surface area (Å²) in [6.07, 6.45) is 1.69. The van der Waals surface area contributed by atoms with Crippen LogP contribution in [0, 0.1) is 18.7 Å². The molecule has 0 bridgehead atoms. The van der Waals surface area contributed by atoms with Gasteiger partial charge in [0.15, 0.2) is 5.65 Å². The molecule has 1 fully saturated rings. The predicted octanol–water partition coefficient (Wildman–Crippen LogP) is 3.03. The van der Waals surface area contributed by atoms with Crippen molar-refractivity contribution in [2.75, 3.05) is 23.3 Å². The van der Waals surface area contributed by atoms with Crippen LogP contribution in [-0.2, 0) is 4.79 Å². The third-order valence-electron chi connectivity index (χ3n) is 4.77. The minimum absolute atomic E-state index is 0.0918. The number of amides is 1. The average Bonchev–Trinajstić information content (AvgIpc) is 3.07. The molecule has 3 aromatic rings. The number of carbonyl (C=O) groups excluding carboxylic acids is 1. The number of aromatic nitrogens is 3. The first-order valence-corrected chi connectivity index (χ1v) is 8.74. The van der Waals surface area contributed by atoms with Crippen molar-refractivity contribution in [2.45, 2.75) is 19.8 Å². The van der Waals surface area contributed by atoms with E-state index in [-0.39, 0.29) is 17.6 Å². The number of piperidine rings is 1. The molecule has 26 heavy (non-hydrogen) atoms. The van der Waals surface area contributed by atoms with E-state index in [1.165, 1.54) is 12.1 Å². The zero-order valence-corrected chi connectivity index (χ0v) is 14.5. The second-order valence-electron chi connectivity index (χ2n) is 6.65. The number of aryl methyl sites for hydroxylation is 1. The van der Waals surface area contributed by atoms with E-state index in [4.69, 9.17) is 0 Å². The van der Waals surface area contributed by atoms with Gasteiger partial charge in [0.05, 0.1) is 5.92 Å². The van der Waals surface area contributed by atoms with Crippen LogP contribution in [0.4, 0.5) is 16.0 Å². The predicted molar refractivity (Wildman–Crippen MR) is 97.7 cm³/mol. The van der Waals surface area contributed by atoms with Gasteiger partial charge in [0.1, 0.15) is 5.82 Å². The van der Waals surface area contributed by atoms with Gasteiger partial charge in [-0.1, -0.05) is 12.1 Å². The monoisotopic (exact) mass is 353 g/mol. The lowest BCUT2D eigenvalue weighted by Crippen LogP contribution is -2.41. The van der Waals surface area contributed by atoms with E-state index >= 15 is 0 Å². The first-order valence-electron chi connectivity index (χ1n) is 8.74. The number of hydrogen-bond donors (Lipinski definition) is 1. The number of benzene rings is 1. The van der Waals surface area contributed by atoms with Crippen molar-refractivity contribution < 1.29 is 9.18 Å². The highest BCUT2D eigenvalue weighted by atomic mass is 19.1. The summed E-state index contributed by atoms with van der Waals surface area (Å²) in [5, 5.41) is 11.4. The molecule has 3 heterocycles. The minimum atomic E-state index is -0.363. The number of rotatable bonds is 3. The fraction of sp³-hybridized carbons (Fsp3) is 0.316. The van der Waals surface area contributed by atoms with Crippen LogP contribution in [0.1, 0.15) is 18.5 Å². The summed E-state index contributed by atoms with van der Waals surface area (Å²) in [4.78, 5) is 14.7.